The van der Waals surface area contributed by atoms with Crippen LogP contribution in [0.25, 0.3) is 0 Å². The van der Waals surface area contributed by atoms with Gasteiger partial charge in [0.1, 0.15) is 6.17 Å². The molecule has 0 aliphatic carbocycles. The van der Waals surface area contributed by atoms with E-state index >= 15 is 0 Å². The van der Waals surface area contributed by atoms with Gasteiger partial charge in [0.2, 0.25) is 0 Å². The third kappa shape index (κ3) is 6.01. The lowest BCUT2D eigenvalue weighted by Gasteiger charge is -2.14. The Kier molecular flexibility index (Phi) is 5.51. The number of nitrogens with one attached hydrogen (secondary N) is 2. The van der Waals surface area contributed by atoms with Gasteiger partial charge in [-0.15, -0.1) is 5.43 Å². The Bertz CT molecular complexity index is 175. The van der Waals surface area contributed by atoms with Crippen LogP contribution in [0, 0.1) is 0 Å². The van der Waals surface area contributed by atoms with E-state index in [1.54, 1.807) is 0 Å². The van der Waals surface area contributed by atoms with Gasteiger partial charge in [-0.2, -0.15) is 12.6 Å². The molecule has 0 aromatic carbocycles. The highest BCUT2D eigenvalue weighted by Gasteiger charge is 2.07. The molecule has 0 aromatic rings. The summed E-state index contributed by atoms with van der Waals surface area (Å²) >= 11 is 8.48. The molecule has 0 spiro atoms. The van der Waals surface area contributed by atoms with E-state index in [0.717, 1.165) is 0 Å². The summed E-state index contributed by atoms with van der Waals surface area (Å²) in [5.41, 5.74) is 15.6. The lowest BCUT2D eigenvalue weighted by Crippen LogP contribution is -2.51. The van der Waals surface area contributed by atoms with Gasteiger partial charge in [0.25, 0.3) is 0 Å². The van der Waals surface area contributed by atoms with Gasteiger partial charge in [0.15, 0.2) is 5.11 Å². The Morgan fingerprint density at radius 2 is 2.25 bits per heavy atom. The number of urea groups is 1. The molecule has 1 radical (unpaired) electrons. The number of primary amides is 1. The first-order valence-corrected chi connectivity index (χ1v) is 4.02. The predicted octanol–water partition coefficient (Wildman–Crippen LogP) is -1.74. The molecular formula is C4H10N5OS2. The summed E-state index contributed by atoms with van der Waals surface area (Å²) in [4.78, 5) is 10.2. The lowest BCUT2D eigenvalue weighted by molar-refractivity contribution is 0.241. The fourth-order valence-electron chi connectivity index (χ4n) is 0.424. The Hall–Kier alpha value is -0.730. The van der Waals surface area contributed by atoms with Crippen molar-refractivity contribution in [3.05, 3.63) is 0 Å². The monoisotopic (exact) mass is 208 g/mol. The van der Waals surface area contributed by atoms with E-state index in [9.17, 15) is 4.79 Å². The molecule has 12 heavy (non-hydrogen) atoms. The highest BCUT2D eigenvalue weighted by Crippen LogP contribution is 1.82. The minimum atomic E-state index is -0.744. The van der Waals surface area contributed by atoms with E-state index in [2.05, 4.69) is 35.6 Å². The summed E-state index contributed by atoms with van der Waals surface area (Å²) in [5.74, 6) is 0.345. The second-order valence-corrected chi connectivity index (χ2v) is 2.62. The van der Waals surface area contributed by atoms with Gasteiger partial charge in [-0.3, -0.25) is 5.43 Å². The maximum Gasteiger partial charge on any atom is 0.327 e. The van der Waals surface area contributed by atoms with Gasteiger partial charge >= 0.3 is 6.03 Å². The van der Waals surface area contributed by atoms with Gasteiger partial charge in [0, 0.05) is 5.75 Å². The van der Waals surface area contributed by atoms with Gasteiger partial charge < -0.3 is 16.8 Å². The van der Waals surface area contributed by atoms with Crippen LogP contribution in [0.3, 0.4) is 0 Å². The minimum absolute atomic E-state index is 0.0871. The van der Waals surface area contributed by atoms with E-state index in [4.69, 9.17) is 11.5 Å². The average molecular weight is 208 g/mol. The standard InChI is InChI=1S/C4H10N5OS2/c5-3(10)9-8-2(1-11)7-4(6)12/h2,11H,1H2,(H3,5,9,10)(H3,6,7,12). The smallest absolute Gasteiger partial charge is 0.327 e. The Balaban J connectivity index is 3.67. The number of carbonyl (C=O) groups excluding carboxylic acids is 1. The average Bonchev–Trinajstić information content (AvgIpc) is 1.97. The van der Waals surface area contributed by atoms with Crippen LogP contribution in [0.15, 0.2) is 0 Å². The number of hydrogen-bond acceptors (Lipinski definition) is 3. The normalized spacial score (nSPS) is 11.8. The van der Waals surface area contributed by atoms with E-state index in [-0.39, 0.29) is 5.11 Å². The van der Waals surface area contributed by atoms with Crippen LogP contribution < -0.4 is 27.6 Å². The molecule has 1 atom stereocenters. The molecule has 0 saturated heterocycles. The van der Waals surface area contributed by atoms with Crippen molar-refractivity contribution in [2.45, 2.75) is 6.17 Å². The predicted molar refractivity (Wildman–Crippen MR) is 52.4 cm³/mol. The number of amides is 2. The molecule has 69 valence electrons. The Morgan fingerprint density at radius 3 is 2.58 bits per heavy atom. The number of thiocarbonyl (C=S) groups is 1. The summed E-state index contributed by atoms with van der Waals surface area (Å²) in [7, 11) is 0. The van der Waals surface area contributed by atoms with E-state index in [1.807, 2.05) is 5.43 Å². The molecular weight excluding hydrogens is 198 g/mol. The van der Waals surface area contributed by atoms with Crippen molar-refractivity contribution in [2.75, 3.05) is 5.75 Å². The molecule has 0 fully saturated rings. The van der Waals surface area contributed by atoms with Crippen LogP contribution in [0.4, 0.5) is 4.79 Å². The van der Waals surface area contributed by atoms with E-state index < -0.39 is 12.2 Å². The second kappa shape index (κ2) is 5.86. The zero-order valence-electron chi connectivity index (χ0n) is 6.15. The molecule has 0 aliphatic rings. The van der Waals surface area contributed by atoms with Crippen LogP contribution in [0.2, 0.25) is 0 Å². The maximum atomic E-state index is 10.2. The summed E-state index contributed by atoms with van der Waals surface area (Å²) in [6.45, 7) is 0. The number of nitrogens with zero attached hydrogens (tertiary/aromatic N) is 1. The summed E-state index contributed by atoms with van der Waals surface area (Å²) in [5, 5.41) is 2.67. The van der Waals surface area contributed by atoms with Crippen LogP contribution in [-0.4, -0.2) is 23.1 Å². The van der Waals surface area contributed by atoms with Crippen molar-refractivity contribution >= 4 is 36.0 Å². The number of thiol groups is 1. The van der Waals surface area contributed by atoms with E-state index in [0.29, 0.717) is 5.75 Å². The molecule has 0 heterocycles. The number of rotatable bonds is 4. The molecule has 0 bridgehead atoms. The van der Waals surface area contributed by atoms with Gasteiger partial charge in [-0.1, -0.05) is 0 Å². The number of carbonyl (C=O) groups is 1. The first kappa shape index (κ1) is 11.3. The van der Waals surface area contributed by atoms with Gasteiger partial charge in [-0.05, 0) is 12.2 Å². The van der Waals surface area contributed by atoms with E-state index in [1.165, 1.54) is 0 Å². The fraction of sp³-hybridized carbons (Fsp3) is 0.500. The van der Waals surface area contributed by atoms with Crippen LogP contribution in [0.1, 0.15) is 0 Å². The number of nitrogens with two attached hydrogens (primary N) is 2. The Labute approximate surface area is 80.8 Å². The summed E-state index contributed by atoms with van der Waals surface area (Å²) < 4.78 is 0. The molecule has 0 rings (SSSR count). The van der Waals surface area contributed by atoms with Crippen LogP contribution in [-0.2, 0) is 0 Å². The zero-order valence-corrected chi connectivity index (χ0v) is 7.86. The topological polar surface area (TPSA) is 107 Å². The maximum absolute atomic E-state index is 10.2. The summed E-state index contributed by atoms with van der Waals surface area (Å²) in [6.07, 6.45) is -0.460. The third-order valence-electron chi connectivity index (χ3n) is 0.812. The second-order valence-electron chi connectivity index (χ2n) is 1.81. The van der Waals surface area contributed by atoms with Gasteiger partial charge in [0.05, 0.1) is 0 Å². The number of hydrogen-bond donors (Lipinski definition) is 5. The van der Waals surface area contributed by atoms with Crippen molar-refractivity contribution in [3.63, 3.8) is 0 Å². The molecule has 6 nitrogen and oxygen atoms in total. The Morgan fingerprint density at radius 1 is 1.67 bits per heavy atom. The van der Waals surface area contributed by atoms with Crippen LogP contribution >= 0.6 is 24.8 Å². The molecule has 1 unspecified atom stereocenters. The van der Waals surface area contributed by atoms with Crippen molar-refractivity contribution in [1.82, 2.24) is 16.2 Å². The molecule has 0 aromatic heterocycles. The first-order chi connectivity index (χ1) is 5.56. The highest BCUT2D eigenvalue weighted by molar-refractivity contribution is 7.80. The van der Waals surface area contributed by atoms with Crippen molar-refractivity contribution in [3.8, 4) is 0 Å². The molecule has 8 heteroatoms. The van der Waals surface area contributed by atoms with Crippen molar-refractivity contribution < 1.29 is 4.79 Å². The SMILES string of the molecule is NC(=O)N[N]C(CS)NC(N)=S. The van der Waals surface area contributed by atoms with Gasteiger partial charge in [-0.25, -0.2) is 4.79 Å². The third-order valence-corrected chi connectivity index (χ3v) is 1.28. The molecule has 2 amide bonds. The minimum Gasteiger partial charge on any atom is -0.376 e. The molecule has 6 N–H and O–H groups in total. The van der Waals surface area contributed by atoms with Crippen molar-refractivity contribution in [2.24, 2.45) is 11.5 Å². The van der Waals surface area contributed by atoms with Crippen LogP contribution in [0.5, 0.6) is 0 Å². The molecule has 0 saturated carbocycles. The molecule has 0 aliphatic heterocycles. The quantitative estimate of drug-likeness (QED) is 0.215. The summed E-state index contributed by atoms with van der Waals surface area (Å²) in [6, 6.07) is -0.744. The first-order valence-electron chi connectivity index (χ1n) is 2.98. The highest BCUT2D eigenvalue weighted by atomic mass is 32.1. The van der Waals surface area contributed by atoms with Crippen molar-refractivity contribution in [1.29, 1.82) is 0 Å². The zero-order chi connectivity index (χ0) is 9.56. The fourth-order valence-corrected chi connectivity index (χ4v) is 0.733. The largest absolute Gasteiger partial charge is 0.376 e. The lowest BCUT2D eigenvalue weighted by atomic mass is 10.6.